The van der Waals surface area contributed by atoms with Crippen molar-refractivity contribution in [3.8, 4) is 0 Å². The number of carbonyl (C=O) groups is 1. The van der Waals surface area contributed by atoms with Gasteiger partial charge < -0.3 is 14.4 Å². The molecule has 1 amide bonds. The number of amides is 1. The molecule has 0 radical (unpaired) electrons. The summed E-state index contributed by atoms with van der Waals surface area (Å²) in [7, 11) is 2.21. The van der Waals surface area contributed by atoms with E-state index in [1.165, 1.54) is 17.7 Å². The predicted molar refractivity (Wildman–Crippen MR) is 97.6 cm³/mol. The molecule has 128 valence electrons. The average molecular weight is 343 g/mol. The lowest BCUT2D eigenvalue weighted by atomic mass is 10.0. The molecule has 2 fully saturated rings. The standard InChI is InChI=1S/C19H25N3OS/c1-20-10-2-7-16(20)17-8-4-12-22(17)19(23)18-9-3-11-21(18)14-15-6-5-13-24-15/h3,5-6,9,11,13,16-17H,2,4,7-8,10,12,14H2,1H3/t16-,17-/m0/s1. The zero-order chi connectivity index (χ0) is 16.5. The molecular formula is C19H25N3OS. The Balaban J connectivity index is 1.54. The molecule has 0 saturated carbocycles. The summed E-state index contributed by atoms with van der Waals surface area (Å²) in [6.45, 7) is 2.85. The Morgan fingerprint density at radius 2 is 2.00 bits per heavy atom. The fourth-order valence-electron chi connectivity index (χ4n) is 4.33. The van der Waals surface area contributed by atoms with E-state index >= 15 is 0 Å². The lowest BCUT2D eigenvalue weighted by Gasteiger charge is -2.33. The van der Waals surface area contributed by atoms with E-state index in [2.05, 4.69) is 38.9 Å². The summed E-state index contributed by atoms with van der Waals surface area (Å²) in [5.74, 6) is 0.208. The second-order valence-corrected chi connectivity index (χ2v) is 8.03. The molecule has 4 nitrogen and oxygen atoms in total. The average Bonchev–Trinajstić information content (AvgIpc) is 3.34. The number of likely N-dealkylation sites (tertiary alicyclic amines) is 2. The predicted octanol–water partition coefficient (Wildman–Crippen LogP) is 3.30. The second-order valence-electron chi connectivity index (χ2n) is 7.00. The Labute approximate surface area is 147 Å². The van der Waals surface area contributed by atoms with Crippen molar-refractivity contribution in [1.82, 2.24) is 14.4 Å². The van der Waals surface area contributed by atoms with Crippen LogP contribution in [-0.2, 0) is 6.54 Å². The van der Waals surface area contributed by atoms with Gasteiger partial charge in [0.15, 0.2) is 0 Å². The molecule has 0 aromatic carbocycles. The summed E-state index contributed by atoms with van der Waals surface area (Å²) < 4.78 is 2.10. The van der Waals surface area contributed by atoms with Crippen LogP contribution in [0.4, 0.5) is 0 Å². The van der Waals surface area contributed by atoms with E-state index in [1.807, 2.05) is 18.3 Å². The van der Waals surface area contributed by atoms with Gasteiger partial charge in [0, 0.05) is 29.7 Å². The zero-order valence-electron chi connectivity index (χ0n) is 14.2. The second kappa shape index (κ2) is 6.73. The third-order valence-electron chi connectivity index (χ3n) is 5.54. The van der Waals surface area contributed by atoms with Crippen molar-refractivity contribution in [3.63, 3.8) is 0 Å². The molecule has 2 aromatic heterocycles. The van der Waals surface area contributed by atoms with Gasteiger partial charge in [0.1, 0.15) is 5.69 Å². The highest BCUT2D eigenvalue weighted by Gasteiger charge is 2.39. The molecule has 0 aliphatic carbocycles. The fraction of sp³-hybridized carbons (Fsp3) is 0.526. The summed E-state index contributed by atoms with van der Waals surface area (Å²) in [5, 5.41) is 2.09. The summed E-state index contributed by atoms with van der Waals surface area (Å²) in [6.07, 6.45) is 6.79. The van der Waals surface area contributed by atoms with Crippen LogP contribution in [0, 0.1) is 0 Å². The topological polar surface area (TPSA) is 28.5 Å². The molecule has 5 heteroatoms. The van der Waals surface area contributed by atoms with E-state index < -0.39 is 0 Å². The first-order chi connectivity index (χ1) is 11.7. The Kier molecular flexibility index (Phi) is 4.46. The van der Waals surface area contributed by atoms with Crippen molar-refractivity contribution < 1.29 is 4.79 Å². The molecule has 24 heavy (non-hydrogen) atoms. The third kappa shape index (κ3) is 2.91. The SMILES string of the molecule is CN1CCC[C@H]1[C@@H]1CCCN1C(=O)c1cccn1Cc1cccs1. The number of carbonyl (C=O) groups excluding carboxylic acids is 1. The first kappa shape index (κ1) is 15.9. The van der Waals surface area contributed by atoms with Gasteiger partial charge in [-0.05, 0) is 62.9 Å². The van der Waals surface area contributed by atoms with Crippen LogP contribution in [0.1, 0.15) is 41.0 Å². The monoisotopic (exact) mass is 343 g/mol. The summed E-state index contributed by atoms with van der Waals surface area (Å²) in [6, 6.07) is 9.09. The van der Waals surface area contributed by atoms with Gasteiger partial charge in [-0.15, -0.1) is 11.3 Å². The van der Waals surface area contributed by atoms with Crippen molar-refractivity contribution in [2.24, 2.45) is 0 Å². The highest BCUT2D eigenvalue weighted by molar-refractivity contribution is 7.09. The number of nitrogens with zero attached hydrogens (tertiary/aromatic N) is 3. The van der Waals surface area contributed by atoms with Gasteiger partial charge in [-0.25, -0.2) is 0 Å². The first-order valence-electron chi connectivity index (χ1n) is 8.93. The van der Waals surface area contributed by atoms with Crippen LogP contribution >= 0.6 is 11.3 Å². The number of thiophene rings is 1. The van der Waals surface area contributed by atoms with Gasteiger partial charge in [0.05, 0.1) is 6.54 Å². The third-order valence-corrected chi connectivity index (χ3v) is 6.40. The molecule has 0 bridgehead atoms. The lowest BCUT2D eigenvalue weighted by Crippen LogP contribution is -2.47. The Morgan fingerprint density at radius 1 is 1.17 bits per heavy atom. The van der Waals surface area contributed by atoms with Gasteiger partial charge in [-0.3, -0.25) is 4.79 Å². The Hall–Kier alpha value is -1.59. The van der Waals surface area contributed by atoms with E-state index in [-0.39, 0.29) is 5.91 Å². The van der Waals surface area contributed by atoms with E-state index in [0.29, 0.717) is 12.1 Å². The molecule has 4 heterocycles. The minimum Gasteiger partial charge on any atom is -0.338 e. The van der Waals surface area contributed by atoms with Crippen molar-refractivity contribution in [2.45, 2.75) is 44.3 Å². The molecular weight excluding hydrogens is 318 g/mol. The van der Waals surface area contributed by atoms with Gasteiger partial charge in [0.25, 0.3) is 5.91 Å². The van der Waals surface area contributed by atoms with E-state index in [9.17, 15) is 4.79 Å². The van der Waals surface area contributed by atoms with Crippen molar-refractivity contribution in [3.05, 3.63) is 46.4 Å². The highest BCUT2D eigenvalue weighted by atomic mass is 32.1. The molecule has 4 rings (SSSR count). The van der Waals surface area contributed by atoms with Crippen LogP contribution in [0.5, 0.6) is 0 Å². The smallest absolute Gasteiger partial charge is 0.270 e. The molecule has 2 aliphatic rings. The van der Waals surface area contributed by atoms with E-state index in [1.54, 1.807) is 11.3 Å². The van der Waals surface area contributed by atoms with Gasteiger partial charge >= 0.3 is 0 Å². The Bertz CT molecular complexity index is 693. The zero-order valence-corrected chi connectivity index (χ0v) is 15.0. The number of likely N-dealkylation sites (N-methyl/N-ethyl adjacent to an activating group) is 1. The maximum atomic E-state index is 13.2. The minimum absolute atomic E-state index is 0.208. The quantitative estimate of drug-likeness (QED) is 0.852. The number of rotatable bonds is 4. The lowest BCUT2D eigenvalue weighted by molar-refractivity contribution is 0.0654. The molecule has 0 N–H and O–H groups in total. The maximum absolute atomic E-state index is 13.2. The molecule has 0 spiro atoms. The van der Waals surface area contributed by atoms with Crippen molar-refractivity contribution in [1.29, 1.82) is 0 Å². The van der Waals surface area contributed by atoms with Gasteiger partial charge in [-0.1, -0.05) is 6.07 Å². The van der Waals surface area contributed by atoms with Crippen LogP contribution in [0.2, 0.25) is 0 Å². The molecule has 2 aliphatic heterocycles. The normalized spacial score (nSPS) is 24.8. The first-order valence-corrected chi connectivity index (χ1v) is 9.81. The van der Waals surface area contributed by atoms with Crippen LogP contribution in [-0.4, -0.2) is 52.5 Å². The van der Waals surface area contributed by atoms with Crippen molar-refractivity contribution in [2.75, 3.05) is 20.1 Å². The number of hydrogen-bond acceptors (Lipinski definition) is 3. The van der Waals surface area contributed by atoms with E-state index in [4.69, 9.17) is 0 Å². The largest absolute Gasteiger partial charge is 0.338 e. The minimum atomic E-state index is 0.208. The summed E-state index contributed by atoms with van der Waals surface area (Å²) in [5.41, 5.74) is 0.830. The number of hydrogen-bond donors (Lipinski definition) is 0. The van der Waals surface area contributed by atoms with Gasteiger partial charge in [0.2, 0.25) is 0 Å². The fourth-order valence-corrected chi connectivity index (χ4v) is 5.03. The van der Waals surface area contributed by atoms with Crippen molar-refractivity contribution >= 4 is 17.2 Å². The molecule has 2 atom stereocenters. The maximum Gasteiger partial charge on any atom is 0.270 e. The van der Waals surface area contributed by atoms with Crippen LogP contribution < -0.4 is 0 Å². The van der Waals surface area contributed by atoms with Crippen LogP contribution in [0.15, 0.2) is 35.8 Å². The molecule has 0 unspecified atom stereocenters. The summed E-state index contributed by atoms with van der Waals surface area (Å²) >= 11 is 1.74. The van der Waals surface area contributed by atoms with Gasteiger partial charge in [-0.2, -0.15) is 0 Å². The van der Waals surface area contributed by atoms with Crippen LogP contribution in [0.25, 0.3) is 0 Å². The number of aromatic nitrogens is 1. The highest BCUT2D eigenvalue weighted by Crippen LogP contribution is 2.30. The summed E-state index contributed by atoms with van der Waals surface area (Å²) in [4.78, 5) is 19.1. The molecule has 2 aromatic rings. The molecule has 2 saturated heterocycles. The van der Waals surface area contributed by atoms with E-state index in [0.717, 1.165) is 38.2 Å². The van der Waals surface area contributed by atoms with Crippen LogP contribution in [0.3, 0.4) is 0 Å². The Morgan fingerprint density at radius 3 is 2.75 bits per heavy atom.